The molecule has 1 aliphatic rings. The predicted molar refractivity (Wildman–Crippen MR) is 120 cm³/mol. The molecule has 0 unspecified atom stereocenters. The van der Waals surface area contributed by atoms with Crippen molar-refractivity contribution in [3.8, 4) is 11.1 Å². The summed E-state index contributed by atoms with van der Waals surface area (Å²) in [4.78, 5) is 40.4. The van der Waals surface area contributed by atoms with E-state index in [0.717, 1.165) is 31.2 Å². The summed E-state index contributed by atoms with van der Waals surface area (Å²) in [5.74, 6) is -0.866. The molecule has 1 amide bonds. The van der Waals surface area contributed by atoms with Gasteiger partial charge in [-0.15, -0.1) is 0 Å². The summed E-state index contributed by atoms with van der Waals surface area (Å²) in [6.07, 6.45) is 4.17. The largest absolute Gasteiger partial charge is 0.451 e. The van der Waals surface area contributed by atoms with Crippen molar-refractivity contribution in [3.05, 3.63) is 70.6 Å². The van der Waals surface area contributed by atoms with E-state index in [-0.39, 0.29) is 23.8 Å². The van der Waals surface area contributed by atoms with Gasteiger partial charge in [-0.2, -0.15) is 0 Å². The lowest BCUT2D eigenvalue weighted by atomic mass is 9.97. The Morgan fingerprint density at radius 2 is 1.48 bits per heavy atom. The Morgan fingerprint density at radius 1 is 0.871 bits per heavy atom. The van der Waals surface area contributed by atoms with Gasteiger partial charge in [0.25, 0.3) is 11.5 Å². The monoisotopic (exact) mass is 418 g/mol. The van der Waals surface area contributed by atoms with Crippen LogP contribution in [0, 0.1) is 0 Å². The number of hydrogen-bond donors (Lipinski definition) is 0. The predicted octanol–water partition coefficient (Wildman–Crippen LogP) is 3.76. The number of carbonyl (C=O) groups is 2. The first-order chi connectivity index (χ1) is 15.1. The van der Waals surface area contributed by atoms with Gasteiger partial charge in [-0.1, -0.05) is 61.4 Å². The minimum Gasteiger partial charge on any atom is -0.451 e. The number of benzene rings is 2. The van der Waals surface area contributed by atoms with Gasteiger partial charge in [0.1, 0.15) is 5.69 Å². The van der Waals surface area contributed by atoms with Gasteiger partial charge in [-0.25, -0.2) is 4.79 Å². The lowest BCUT2D eigenvalue weighted by Crippen LogP contribution is -2.36. The number of hydrogen-bond acceptors (Lipinski definition) is 4. The lowest BCUT2D eigenvalue weighted by Gasteiger charge is -2.21. The molecule has 1 saturated heterocycles. The molecule has 6 heteroatoms. The number of fused-ring (bicyclic) bond motifs is 1. The van der Waals surface area contributed by atoms with Gasteiger partial charge >= 0.3 is 5.97 Å². The summed E-state index contributed by atoms with van der Waals surface area (Å²) in [5, 5.41) is 1.21. The van der Waals surface area contributed by atoms with Crippen LogP contribution in [0.4, 0.5) is 0 Å². The Bertz CT molecular complexity index is 1160. The highest BCUT2D eigenvalue weighted by atomic mass is 16.5. The molecule has 0 aliphatic carbocycles. The van der Waals surface area contributed by atoms with Crippen molar-refractivity contribution >= 4 is 22.6 Å². The maximum Gasteiger partial charge on any atom is 0.356 e. The highest BCUT2D eigenvalue weighted by Crippen LogP contribution is 2.30. The van der Waals surface area contributed by atoms with E-state index >= 15 is 0 Å². The van der Waals surface area contributed by atoms with Crippen molar-refractivity contribution in [3.63, 3.8) is 0 Å². The van der Waals surface area contributed by atoms with Crippen LogP contribution in [0.1, 0.15) is 36.2 Å². The molecular weight excluding hydrogens is 392 g/mol. The highest BCUT2D eigenvalue weighted by molar-refractivity contribution is 6.06. The van der Waals surface area contributed by atoms with Crippen molar-refractivity contribution in [1.82, 2.24) is 9.47 Å². The Labute approximate surface area is 181 Å². The van der Waals surface area contributed by atoms with E-state index in [1.807, 2.05) is 42.5 Å². The maximum absolute atomic E-state index is 13.2. The van der Waals surface area contributed by atoms with Crippen LogP contribution in [0.25, 0.3) is 21.9 Å². The molecule has 0 atom stereocenters. The fourth-order valence-electron chi connectivity index (χ4n) is 4.21. The van der Waals surface area contributed by atoms with Crippen LogP contribution in [-0.4, -0.2) is 41.0 Å². The first kappa shape index (κ1) is 20.8. The first-order valence-corrected chi connectivity index (χ1v) is 10.7. The smallest absolute Gasteiger partial charge is 0.356 e. The highest BCUT2D eigenvalue weighted by Gasteiger charge is 2.24. The summed E-state index contributed by atoms with van der Waals surface area (Å²) < 4.78 is 6.76. The van der Waals surface area contributed by atoms with Crippen molar-refractivity contribution in [2.24, 2.45) is 7.05 Å². The second-order valence-corrected chi connectivity index (χ2v) is 7.87. The first-order valence-electron chi connectivity index (χ1n) is 10.7. The Balaban J connectivity index is 1.71. The van der Waals surface area contributed by atoms with Gasteiger partial charge in [0.05, 0.1) is 0 Å². The molecule has 0 spiro atoms. The quantitative estimate of drug-likeness (QED) is 0.605. The van der Waals surface area contributed by atoms with Crippen LogP contribution in [0.3, 0.4) is 0 Å². The molecule has 2 heterocycles. The van der Waals surface area contributed by atoms with Crippen LogP contribution < -0.4 is 5.56 Å². The van der Waals surface area contributed by atoms with Crippen molar-refractivity contribution in [1.29, 1.82) is 0 Å². The molecular formula is C25H26N2O4. The maximum atomic E-state index is 13.2. The van der Waals surface area contributed by atoms with E-state index < -0.39 is 5.97 Å². The van der Waals surface area contributed by atoms with Crippen molar-refractivity contribution in [2.75, 3.05) is 19.7 Å². The molecule has 4 rings (SSSR count). The van der Waals surface area contributed by atoms with Gasteiger partial charge in [-0.05, 0) is 29.9 Å². The minimum atomic E-state index is -0.674. The molecule has 1 aliphatic heterocycles. The molecule has 160 valence electrons. The summed E-state index contributed by atoms with van der Waals surface area (Å²) in [6, 6.07) is 16.7. The van der Waals surface area contributed by atoms with Crippen LogP contribution in [0.2, 0.25) is 0 Å². The van der Waals surface area contributed by atoms with Gasteiger partial charge in [0.15, 0.2) is 6.61 Å². The van der Waals surface area contributed by atoms with Gasteiger partial charge < -0.3 is 14.2 Å². The van der Waals surface area contributed by atoms with E-state index in [9.17, 15) is 14.4 Å². The minimum absolute atomic E-state index is 0.151. The Hall–Kier alpha value is -3.41. The molecule has 0 bridgehead atoms. The lowest BCUT2D eigenvalue weighted by molar-refractivity contribution is -0.134. The Morgan fingerprint density at radius 3 is 2.16 bits per heavy atom. The second-order valence-electron chi connectivity index (χ2n) is 7.87. The summed E-state index contributed by atoms with van der Waals surface area (Å²) in [6.45, 7) is 1.06. The third kappa shape index (κ3) is 4.24. The molecule has 2 aromatic carbocycles. The normalized spacial score (nSPS) is 14.3. The molecule has 31 heavy (non-hydrogen) atoms. The van der Waals surface area contributed by atoms with Crippen molar-refractivity contribution in [2.45, 2.75) is 25.7 Å². The van der Waals surface area contributed by atoms with E-state index in [4.69, 9.17) is 4.74 Å². The van der Waals surface area contributed by atoms with Crippen LogP contribution in [0.15, 0.2) is 59.4 Å². The van der Waals surface area contributed by atoms with E-state index in [1.54, 1.807) is 24.1 Å². The van der Waals surface area contributed by atoms with Crippen LogP contribution in [-0.2, 0) is 16.6 Å². The second kappa shape index (κ2) is 9.16. The SMILES string of the molecule is Cn1c(C(=O)OCC(=O)N2CCCCCC2)c(-c2ccccc2)c2ccccc2c1=O. The number of carbonyl (C=O) groups excluding carboxylic acids is 2. The van der Waals surface area contributed by atoms with Crippen LogP contribution in [0.5, 0.6) is 0 Å². The standard InChI is InChI=1S/C25H26N2O4/c1-26-23(25(30)31-17-21(28)27-15-9-2-3-10-16-27)22(18-11-5-4-6-12-18)19-13-7-8-14-20(19)24(26)29/h4-8,11-14H,2-3,9-10,15-17H2,1H3. The van der Waals surface area contributed by atoms with Gasteiger partial charge in [0, 0.05) is 31.1 Å². The van der Waals surface area contributed by atoms with Crippen LogP contribution >= 0.6 is 0 Å². The number of aromatic nitrogens is 1. The summed E-state index contributed by atoms with van der Waals surface area (Å²) in [7, 11) is 1.56. The summed E-state index contributed by atoms with van der Waals surface area (Å²) in [5.41, 5.74) is 1.31. The number of rotatable bonds is 4. The molecule has 0 radical (unpaired) electrons. The molecule has 1 fully saturated rings. The van der Waals surface area contributed by atoms with E-state index in [1.165, 1.54) is 4.57 Å². The number of pyridine rings is 1. The third-order valence-corrected chi connectivity index (χ3v) is 5.84. The average Bonchev–Trinajstić information content (AvgIpc) is 3.10. The zero-order valence-corrected chi connectivity index (χ0v) is 17.7. The molecule has 3 aromatic rings. The Kier molecular flexibility index (Phi) is 6.16. The molecule has 0 N–H and O–H groups in total. The fourth-order valence-corrected chi connectivity index (χ4v) is 4.21. The number of esters is 1. The number of ether oxygens (including phenoxy) is 1. The van der Waals surface area contributed by atoms with Crippen molar-refractivity contribution < 1.29 is 14.3 Å². The fraction of sp³-hybridized carbons (Fsp3) is 0.320. The van der Waals surface area contributed by atoms with E-state index in [2.05, 4.69) is 0 Å². The zero-order chi connectivity index (χ0) is 21.8. The molecule has 1 aromatic heterocycles. The number of likely N-dealkylation sites (tertiary alicyclic amines) is 1. The van der Waals surface area contributed by atoms with Gasteiger partial charge in [-0.3, -0.25) is 9.59 Å². The number of amides is 1. The molecule has 6 nitrogen and oxygen atoms in total. The molecule has 0 saturated carbocycles. The summed E-state index contributed by atoms with van der Waals surface area (Å²) >= 11 is 0. The van der Waals surface area contributed by atoms with Gasteiger partial charge in [0.2, 0.25) is 0 Å². The third-order valence-electron chi connectivity index (χ3n) is 5.84. The number of nitrogens with zero attached hydrogens (tertiary/aromatic N) is 2. The topological polar surface area (TPSA) is 68.6 Å². The van der Waals surface area contributed by atoms with E-state index in [0.29, 0.717) is 29.4 Å². The zero-order valence-electron chi connectivity index (χ0n) is 17.7. The average molecular weight is 418 g/mol.